The highest BCUT2D eigenvalue weighted by Gasteiger charge is 2.43. The first kappa shape index (κ1) is 16.7. The molecule has 1 aliphatic carbocycles. The van der Waals surface area contributed by atoms with Gasteiger partial charge in [0, 0.05) is 17.2 Å². The molecule has 1 aliphatic rings. The summed E-state index contributed by atoms with van der Waals surface area (Å²) in [6.45, 7) is -0.208. The van der Waals surface area contributed by atoms with Crippen molar-refractivity contribution in [3.05, 3.63) is 65.7 Å². The van der Waals surface area contributed by atoms with Crippen LogP contribution in [0.2, 0.25) is 0 Å². The minimum absolute atomic E-state index is 0.0130. The molecule has 2 atom stereocenters. The highest BCUT2D eigenvalue weighted by Crippen LogP contribution is 2.47. The summed E-state index contributed by atoms with van der Waals surface area (Å²) in [4.78, 5) is 34.8. The fourth-order valence-electron chi connectivity index (χ4n) is 2.76. The summed E-state index contributed by atoms with van der Waals surface area (Å²) >= 11 is 0. The molecule has 2 aromatic rings. The second-order valence-corrected chi connectivity index (χ2v) is 6.07. The van der Waals surface area contributed by atoms with Crippen molar-refractivity contribution in [1.29, 1.82) is 0 Å². The normalized spacial score (nSPS) is 18.2. The van der Waals surface area contributed by atoms with Gasteiger partial charge in [-0.2, -0.15) is 0 Å². The lowest BCUT2D eigenvalue weighted by Gasteiger charge is -2.07. The largest absolute Gasteiger partial charge is 0.368 e. The molecule has 0 aromatic heterocycles. The molecule has 1 saturated carbocycles. The Balaban J connectivity index is 1.54. The van der Waals surface area contributed by atoms with Crippen LogP contribution in [-0.2, 0) is 9.59 Å². The van der Waals surface area contributed by atoms with Gasteiger partial charge < -0.3 is 16.4 Å². The fourth-order valence-corrected chi connectivity index (χ4v) is 2.76. The summed E-state index contributed by atoms with van der Waals surface area (Å²) in [7, 11) is 0. The number of nitrogens with one attached hydrogen (secondary N) is 2. The number of hydrogen-bond donors (Lipinski definition) is 3. The van der Waals surface area contributed by atoms with Crippen LogP contribution in [-0.4, -0.2) is 24.3 Å². The fraction of sp³-hybridized carbons (Fsp3) is 0.211. The third kappa shape index (κ3) is 4.23. The first-order valence-electron chi connectivity index (χ1n) is 8.07. The van der Waals surface area contributed by atoms with Crippen LogP contribution in [0, 0.1) is 5.92 Å². The van der Waals surface area contributed by atoms with E-state index in [2.05, 4.69) is 10.6 Å². The smallest absolute Gasteiger partial charge is 0.251 e. The van der Waals surface area contributed by atoms with E-state index in [1.165, 1.54) is 5.56 Å². The lowest BCUT2D eigenvalue weighted by molar-refractivity contribution is -0.118. The Kier molecular flexibility index (Phi) is 4.79. The van der Waals surface area contributed by atoms with Gasteiger partial charge in [-0.05, 0) is 42.2 Å². The Bertz CT molecular complexity index is 787. The van der Waals surface area contributed by atoms with Crippen LogP contribution in [0.4, 0.5) is 5.69 Å². The molecule has 0 aliphatic heterocycles. The molecule has 25 heavy (non-hydrogen) atoms. The van der Waals surface area contributed by atoms with Crippen molar-refractivity contribution < 1.29 is 14.4 Å². The molecular weight excluding hydrogens is 318 g/mol. The summed E-state index contributed by atoms with van der Waals surface area (Å²) in [5, 5.41) is 5.29. The van der Waals surface area contributed by atoms with E-state index in [-0.39, 0.29) is 30.2 Å². The molecule has 0 saturated heterocycles. The molecule has 0 unspecified atom stereocenters. The molecule has 3 rings (SSSR count). The number of hydrogen-bond acceptors (Lipinski definition) is 3. The van der Waals surface area contributed by atoms with E-state index in [0.717, 1.165) is 6.42 Å². The molecule has 3 amide bonds. The van der Waals surface area contributed by atoms with Gasteiger partial charge >= 0.3 is 0 Å². The summed E-state index contributed by atoms with van der Waals surface area (Å²) in [5.74, 6) is -0.738. The molecule has 0 heterocycles. The van der Waals surface area contributed by atoms with Gasteiger partial charge in [0.2, 0.25) is 11.8 Å². The predicted octanol–water partition coefficient (Wildman–Crippen LogP) is 1.64. The van der Waals surface area contributed by atoms with Crippen molar-refractivity contribution >= 4 is 23.4 Å². The van der Waals surface area contributed by atoms with Crippen molar-refractivity contribution in [2.75, 3.05) is 11.9 Å². The zero-order valence-electron chi connectivity index (χ0n) is 13.6. The molecule has 128 valence electrons. The Morgan fingerprint density at radius 1 is 1.00 bits per heavy atom. The monoisotopic (exact) mass is 337 g/mol. The van der Waals surface area contributed by atoms with E-state index >= 15 is 0 Å². The SMILES string of the molecule is NC(=O)CNC(=O)c1ccc(NC(=O)[C@H]2C[C@@H]2c2ccccc2)cc1. The molecule has 6 nitrogen and oxygen atoms in total. The van der Waals surface area contributed by atoms with Crippen LogP contribution in [0.3, 0.4) is 0 Å². The minimum Gasteiger partial charge on any atom is -0.368 e. The summed E-state index contributed by atoms with van der Waals surface area (Å²) in [6.07, 6.45) is 0.851. The zero-order valence-corrected chi connectivity index (χ0v) is 13.6. The van der Waals surface area contributed by atoms with E-state index in [0.29, 0.717) is 11.3 Å². The van der Waals surface area contributed by atoms with Gasteiger partial charge in [0.1, 0.15) is 0 Å². The van der Waals surface area contributed by atoms with E-state index in [4.69, 9.17) is 5.73 Å². The zero-order chi connectivity index (χ0) is 17.8. The maximum atomic E-state index is 12.3. The van der Waals surface area contributed by atoms with Crippen molar-refractivity contribution in [3.8, 4) is 0 Å². The summed E-state index contributed by atoms with van der Waals surface area (Å²) < 4.78 is 0. The molecule has 0 radical (unpaired) electrons. The van der Waals surface area contributed by atoms with Crippen LogP contribution in [0.5, 0.6) is 0 Å². The van der Waals surface area contributed by atoms with Crippen LogP contribution in [0.25, 0.3) is 0 Å². The minimum atomic E-state index is -0.602. The highest BCUT2D eigenvalue weighted by molar-refractivity contribution is 5.98. The van der Waals surface area contributed by atoms with Gasteiger partial charge in [0.05, 0.1) is 6.54 Å². The van der Waals surface area contributed by atoms with Crippen molar-refractivity contribution in [2.45, 2.75) is 12.3 Å². The first-order valence-corrected chi connectivity index (χ1v) is 8.07. The van der Waals surface area contributed by atoms with Gasteiger partial charge in [-0.25, -0.2) is 0 Å². The van der Waals surface area contributed by atoms with Gasteiger partial charge in [-0.1, -0.05) is 30.3 Å². The maximum absolute atomic E-state index is 12.3. The van der Waals surface area contributed by atoms with Gasteiger partial charge in [-0.15, -0.1) is 0 Å². The van der Waals surface area contributed by atoms with Crippen LogP contribution < -0.4 is 16.4 Å². The molecular formula is C19H19N3O3. The van der Waals surface area contributed by atoms with Gasteiger partial charge in [0.25, 0.3) is 5.91 Å². The molecule has 0 bridgehead atoms. The van der Waals surface area contributed by atoms with Crippen LogP contribution in [0.15, 0.2) is 54.6 Å². The second-order valence-electron chi connectivity index (χ2n) is 6.07. The van der Waals surface area contributed by atoms with Crippen molar-refractivity contribution in [1.82, 2.24) is 5.32 Å². The number of anilines is 1. The topological polar surface area (TPSA) is 101 Å². The van der Waals surface area contributed by atoms with Crippen molar-refractivity contribution in [3.63, 3.8) is 0 Å². The average molecular weight is 337 g/mol. The molecule has 4 N–H and O–H groups in total. The number of amides is 3. The molecule has 1 fully saturated rings. The maximum Gasteiger partial charge on any atom is 0.251 e. The number of carbonyl (C=O) groups excluding carboxylic acids is 3. The van der Waals surface area contributed by atoms with Gasteiger partial charge in [-0.3, -0.25) is 14.4 Å². The van der Waals surface area contributed by atoms with E-state index in [9.17, 15) is 14.4 Å². The Labute approximate surface area is 145 Å². The molecule has 2 aromatic carbocycles. The third-order valence-corrected chi connectivity index (χ3v) is 4.19. The summed E-state index contributed by atoms with van der Waals surface area (Å²) in [6, 6.07) is 16.5. The average Bonchev–Trinajstić information content (AvgIpc) is 3.42. The number of benzene rings is 2. The molecule has 0 spiro atoms. The van der Waals surface area contributed by atoms with Crippen LogP contribution in [0.1, 0.15) is 28.3 Å². The van der Waals surface area contributed by atoms with E-state index in [1.54, 1.807) is 24.3 Å². The highest BCUT2D eigenvalue weighted by atomic mass is 16.2. The third-order valence-electron chi connectivity index (χ3n) is 4.19. The number of nitrogens with two attached hydrogens (primary N) is 1. The lowest BCUT2D eigenvalue weighted by Crippen LogP contribution is -2.33. The predicted molar refractivity (Wildman–Crippen MR) is 93.9 cm³/mol. The van der Waals surface area contributed by atoms with Gasteiger partial charge in [0.15, 0.2) is 0 Å². The molecule has 6 heteroatoms. The number of carbonyl (C=O) groups is 3. The number of primary amides is 1. The summed E-state index contributed by atoms with van der Waals surface area (Å²) in [5.41, 5.74) is 7.20. The first-order chi connectivity index (χ1) is 12.0. The Morgan fingerprint density at radius 3 is 2.32 bits per heavy atom. The van der Waals surface area contributed by atoms with E-state index in [1.807, 2.05) is 30.3 Å². The second kappa shape index (κ2) is 7.17. The quantitative estimate of drug-likeness (QED) is 0.747. The van der Waals surface area contributed by atoms with E-state index < -0.39 is 5.91 Å². The van der Waals surface area contributed by atoms with Crippen molar-refractivity contribution in [2.24, 2.45) is 11.7 Å². The Morgan fingerprint density at radius 2 is 1.68 bits per heavy atom. The Hall–Kier alpha value is -3.15. The lowest BCUT2D eigenvalue weighted by atomic mass is 10.1. The number of rotatable bonds is 6. The standard InChI is InChI=1S/C19H19N3O3/c20-17(23)11-21-18(24)13-6-8-14(9-7-13)22-19(25)16-10-15(16)12-4-2-1-3-5-12/h1-9,15-16H,10-11H2,(H2,20,23)(H,21,24)(H,22,25)/t15-,16+/m1/s1. The van der Waals surface area contributed by atoms with Crippen LogP contribution >= 0.6 is 0 Å².